The quantitative estimate of drug-likeness (QED) is 0.761. The normalized spacial score (nSPS) is 26.0. The second kappa shape index (κ2) is 6.31. The van der Waals surface area contributed by atoms with Gasteiger partial charge in [-0.1, -0.05) is 19.8 Å². The largest absolute Gasteiger partial charge is 0.312 e. The zero-order valence-electron chi connectivity index (χ0n) is 12.4. The van der Waals surface area contributed by atoms with E-state index in [0.717, 1.165) is 25.8 Å². The molecular formula is C15H29F2N. The molecule has 108 valence electrons. The van der Waals surface area contributed by atoms with Crippen LogP contribution in [0, 0.1) is 11.8 Å². The summed E-state index contributed by atoms with van der Waals surface area (Å²) in [6.07, 6.45) is 3.92. The Bertz CT molecular complexity index is 245. The van der Waals surface area contributed by atoms with Gasteiger partial charge < -0.3 is 5.32 Å². The molecule has 0 aliphatic heterocycles. The van der Waals surface area contributed by atoms with Crippen molar-refractivity contribution < 1.29 is 8.78 Å². The Morgan fingerprint density at radius 3 is 2.50 bits per heavy atom. The first kappa shape index (κ1) is 15.9. The Kier molecular flexibility index (Phi) is 5.57. The van der Waals surface area contributed by atoms with Crippen LogP contribution in [0.4, 0.5) is 8.78 Å². The highest BCUT2D eigenvalue weighted by atomic mass is 19.3. The smallest absolute Gasteiger partial charge is 0.248 e. The summed E-state index contributed by atoms with van der Waals surface area (Å²) in [6, 6.07) is 0. The third-order valence-electron chi connectivity index (χ3n) is 3.91. The molecule has 0 amide bonds. The van der Waals surface area contributed by atoms with Gasteiger partial charge in [0.25, 0.3) is 0 Å². The van der Waals surface area contributed by atoms with E-state index in [0.29, 0.717) is 12.3 Å². The summed E-state index contributed by atoms with van der Waals surface area (Å²) < 4.78 is 26.7. The lowest BCUT2D eigenvalue weighted by Crippen LogP contribution is -2.39. The second-order valence-electron chi connectivity index (χ2n) is 6.96. The Balaban J connectivity index is 2.38. The molecule has 0 aromatic heterocycles. The van der Waals surface area contributed by atoms with Gasteiger partial charge >= 0.3 is 0 Å². The molecule has 18 heavy (non-hydrogen) atoms. The SMILES string of the molecule is CCC(CNC(C)(C)C)CC1CCCC(F)(F)C1. The standard InChI is InChI=1S/C15H29F2N/c1-5-12(11-18-14(2,3)4)9-13-7-6-8-15(16,17)10-13/h12-13,18H,5-11H2,1-4H3. The lowest BCUT2D eigenvalue weighted by Gasteiger charge is -2.32. The number of nitrogens with one attached hydrogen (secondary N) is 1. The first-order chi connectivity index (χ1) is 8.22. The van der Waals surface area contributed by atoms with Gasteiger partial charge in [0.1, 0.15) is 0 Å². The van der Waals surface area contributed by atoms with Crippen LogP contribution < -0.4 is 5.32 Å². The topological polar surface area (TPSA) is 12.0 Å². The van der Waals surface area contributed by atoms with Crippen LogP contribution >= 0.6 is 0 Å². The van der Waals surface area contributed by atoms with E-state index in [1.165, 1.54) is 0 Å². The van der Waals surface area contributed by atoms with Gasteiger partial charge in [-0.05, 0) is 52.0 Å². The van der Waals surface area contributed by atoms with Crippen molar-refractivity contribution in [3.05, 3.63) is 0 Å². The van der Waals surface area contributed by atoms with Gasteiger partial charge in [0, 0.05) is 18.4 Å². The van der Waals surface area contributed by atoms with E-state index in [1.807, 2.05) is 0 Å². The number of halogens is 2. The highest BCUT2D eigenvalue weighted by Gasteiger charge is 2.36. The first-order valence-electron chi connectivity index (χ1n) is 7.35. The Labute approximate surface area is 111 Å². The number of hydrogen-bond donors (Lipinski definition) is 1. The summed E-state index contributed by atoms with van der Waals surface area (Å²) in [6.45, 7) is 9.55. The molecule has 0 radical (unpaired) electrons. The molecule has 2 atom stereocenters. The average Bonchev–Trinajstić information content (AvgIpc) is 2.21. The fourth-order valence-corrected chi connectivity index (χ4v) is 2.79. The monoisotopic (exact) mass is 261 g/mol. The van der Waals surface area contributed by atoms with Crippen molar-refractivity contribution >= 4 is 0 Å². The van der Waals surface area contributed by atoms with Crippen LogP contribution in [0.1, 0.15) is 66.2 Å². The van der Waals surface area contributed by atoms with E-state index in [-0.39, 0.29) is 24.3 Å². The number of rotatable bonds is 5. The van der Waals surface area contributed by atoms with Crippen LogP contribution in [-0.2, 0) is 0 Å². The fourth-order valence-electron chi connectivity index (χ4n) is 2.79. The third-order valence-corrected chi connectivity index (χ3v) is 3.91. The van der Waals surface area contributed by atoms with Crippen molar-refractivity contribution in [2.24, 2.45) is 11.8 Å². The molecule has 3 heteroatoms. The van der Waals surface area contributed by atoms with Crippen molar-refractivity contribution in [1.82, 2.24) is 5.32 Å². The van der Waals surface area contributed by atoms with E-state index in [9.17, 15) is 8.78 Å². The predicted molar refractivity (Wildman–Crippen MR) is 73.1 cm³/mol. The molecule has 2 unspecified atom stereocenters. The zero-order valence-corrected chi connectivity index (χ0v) is 12.4. The Hall–Kier alpha value is -0.180. The third kappa shape index (κ3) is 6.12. The fraction of sp³-hybridized carbons (Fsp3) is 1.00. The number of alkyl halides is 2. The molecule has 1 N–H and O–H groups in total. The van der Waals surface area contributed by atoms with E-state index in [2.05, 4.69) is 33.0 Å². The minimum absolute atomic E-state index is 0.0978. The summed E-state index contributed by atoms with van der Waals surface area (Å²) in [4.78, 5) is 0. The Morgan fingerprint density at radius 1 is 1.33 bits per heavy atom. The molecule has 1 aliphatic rings. The summed E-state index contributed by atoms with van der Waals surface area (Å²) in [5, 5.41) is 3.50. The lowest BCUT2D eigenvalue weighted by molar-refractivity contribution is -0.0558. The minimum atomic E-state index is -2.40. The van der Waals surface area contributed by atoms with Crippen LogP contribution in [0.2, 0.25) is 0 Å². The van der Waals surface area contributed by atoms with Gasteiger partial charge in [0.05, 0.1) is 0 Å². The zero-order chi connectivity index (χ0) is 13.8. The molecule has 1 aliphatic carbocycles. The van der Waals surface area contributed by atoms with Crippen LogP contribution in [0.3, 0.4) is 0 Å². The summed E-state index contributed by atoms with van der Waals surface area (Å²) in [5.41, 5.74) is 0.115. The maximum atomic E-state index is 13.4. The van der Waals surface area contributed by atoms with E-state index < -0.39 is 5.92 Å². The van der Waals surface area contributed by atoms with E-state index in [4.69, 9.17) is 0 Å². The first-order valence-corrected chi connectivity index (χ1v) is 7.35. The molecule has 1 rings (SSSR count). The molecule has 0 spiro atoms. The second-order valence-corrected chi connectivity index (χ2v) is 6.96. The lowest BCUT2D eigenvalue weighted by atomic mass is 9.80. The maximum Gasteiger partial charge on any atom is 0.248 e. The number of hydrogen-bond acceptors (Lipinski definition) is 1. The predicted octanol–water partition coefficient (Wildman–Crippen LogP) is 4.62. The van der Waals surface area contributed by atoms with Gasteiger partial charge in [-0.3, -0.25) is 0 Å². The molecule has 0 aromatic carbocycles. The van der Waals surface area contributed by atoms with Crippen LogP contribution in [0.15, 0.2) is 0 Å². The van der Waals surface area contributed by atoms with Gasteiger partial charge in [-0.25, -0.2) is 8.78 Å². The van der Waals surface area contributed by atoms with Gasteiger partial charge in [0.2, 0.25) is 5.92 Å². The Morgan fingerprint density at radius 2 is 2.00 bits per heavy atom. The van der Waals surface area contributed by atoms with E-state index in [1.54, 1.807) is 0 Å². The molecule has 0 heterocycles. The van der Waals surface area contributed by atoms with Crippen molar-refractivity contribution in [3.63, 3.8) is 0 Å². The minimum Gasteiger partial charge on any atom is -0.312 e. The maximum absolute atomic E-state index is 13.4. The highest BCUT2D eigenvalue weighted by Crippen LogP contribution is 2.39. The molecule has 1 saturated carbocycles. The van der Waals surface area contributed by atoms with Crippen molar-refractivity contribution in [2.45, 2.75) is 77.7 Å². The molecule has 0 bridgehead atoms. The summed E-state index contributed by atoms with van der Waals surface area (Å²) in [5.74, 6) is -1.65. The summed E-state index contributed by atoms with van der Waals surface area (Å²) >= 11 is 0. The molecule has 1 fully saturated rings. The summed E-state index contributed by atoms with van der Waals surface area (Å²) in [7, 11) is 0. The van der Waals surface area contributed by atoms with Crippen LogP contribution in [0.25, 0.3) is 0 Å². The highest BCUT2D eigenvalue weighted by molar-refractivity contribution is 4.81. The van der Waals surface area contributed by atoms with Crippen molar-refractivity contribution in [3.8, 4) is 0 Å². The van der Waals surface area contributed by atoms with Gasteiger partial charge in [-0.2, -0.15) is 0 Å². The van der Waals surface area contributed by atoms with Crippen LogP contribution in [0.5, 0.6) is 0 Å². The van der Waals surface area contributed by atoms with Gasteiger partial charge in [0.15, 0.2) is 0 Å². The molecular weight excluding hydrogens is 232 g/mol. The van der Waals surface area contributed by atoms with Gasteiger partial charge in [-0.15, -0.1) is 0 Å². The van der Waals surface area contributed by atoms with Crippen molar-refractivity contribution in [2.75, 3.05) is 6.54 Å². The van der Waals surface area contributed by atoms with Crippen LogP contribution in [-0.4, -0.2) is 18.0 Å². The average molecular weight is 261 g/mol. The molecule has 1 nitrogen and oxygen atoms in total. The van der Waals surface area contributed by atoms with Crippen molar-refractivity contribution in [1.29, 1.82) is 0 Å². The van der Waals surface area contributed by atoms with E-state index >= 15 is 0 Å². The molecule has 0 saturated heterocycles. The molecule has 0 aromatic rings.